The van der Waals surface area contributed by atoms with Crippen LogP contribution in [0.4, 0.5) is 5.82 Å². The summed E-state index contributed by atoms with van der Waals surface area (Å²) in [6, 6.07) is 9.84. The molecule has 7 heteroatoms. The Kier molecular flexibility index (Phi) is 2.49. The molecule has 0 bridgehead atoms. The lowest BCUT2D eigenvalue weighted by Gasteiger charge is -1.93. The molecule has 18 heavy (non-hydrogen) atoms. The highest BCUT2D eigenvalue weighted by Crippen LogP contribution is 2.20. The molecular weight excluding hydrogens is 234 g/mol. The summed E-state index contributed by atoms with van der Waals surface area (Å²) in [7, 11) is 0. The lowest BCUT2D eigenvalue weighted by atomic mass is 10.1. The first-order valence-electron chi connectivity index (χ1n) is 5.28. The molecule has 2 aromatic heterocycles. The SMILES string of the molecule is Nc1nonc1-c1nc(Cc2ccccc2)no1. The fourth-order valence-corrected chi connectivity index (χ4v) is 1.54. The number of nitrogens with two attached hydrogens (primary N) is 1. The Labute approximate surface area is 102 Å². The third-order valence-corrected chi connectivity index (χ3v) is 2.39. The zero-order valence-corrected chi connectivity index (χ0v) is 9.28. The molecule has 1 aromatic carbocycles. The minimum absolute atomic E-state index is 0.130. The molecule has 0 atom stereocenters. The van der Waals surface area contributed by atoms with E-state index in [0.29, 0.717) is 12.2 Å². The van der Waals surface area contributed by atoms with Crippen molar-refractivity contribution in [2.75, 3.05) is 5.73 Å². The van der Waals surface area contributed by atoms with Crippen LogP contribution in [0.25, 0.3) is 11.6 Å². The summed E-state index contributed by atoms with van der Waals surface area (Å²) in [6.45, 7) is 0. The molecule has 2 N–H and O–H groups in total. The van der Waals surface area contributed by atoms with Gasteiger partial charge in [-0.15, -0.1) is 0 Å². The van der Waals surface area contributed by atoms with Crippen molar-refractivity contribution in [3.63, 3.8) is 0 Å². The Morgan fingerprint density at radius 1 is 1.06 bits per heavy atom. The second-order valence-electron chi connectivity index (χ2n) is 3.68. The number of rotatable bonds is 3. The van der Waals surface area contributed by atoms with Crippen LogP contribution in [0.5, 0.6) is 0 Å². The van der Waals surface area contributed by atoms with Gasteiger partial charge in [0.15, 0.2) is 5.82 Å². The fraction of sp³-hybridized carbons (Fsp3) is 0.0909. The minimum Gasteiger partial charge on any atom is -0.379 e. The van der Waals surface area contributed by atoms with E-state index >= 15 is 0 Å². The van der Waals surface area contributed by atoms with Crippen LogP contribution in [-0.2, 0) is 6.42 Å². The van der Waals surface area contributed by atoms with Gasteiger partial charge in [-0.2, -0.15) is 4.98 Å². The summed E-state index contributed by atoms with van der Waals surface area (Å²) in [5, 5.41) is 10.9. The smallest absolute Gasteiger partial charge is 0.284 e. The van der Waals surface area contributed by atoms with Gasteiger partial charge in [-0.25, -0.2) is 4.63 Å². The van der Waals surface area contributed by atoms with Gasteiger partial charge in [0.05, 0.1) is 0 Å². The summed E-state index contributed by atoms with van der Waals surface area (Å²) in [5.41, 5.74) is 6.90. The normalized spacial score (nSPS) is 10.7. The number of hydrogen-bond acceptors (Lipinski definition) is 7. The maximum atomic E-state index is 5.54. The van der Waals surface area contributed by atoms with Crippen molar-refractivity contribution in [3.8, 4) is 11.6 Å². The zero-order chi connectivity index (χ0) is 12.4. The van der Waals surface area contributed by atoms with Crippen LogP contribution in [0.2, 0.25) is 0 Å². The number of nitrogen functional groups attached to an aromatic ring is 1. The number of hydrogen-bond donors (Lipinski definition) is 1. The van der Waals surface area contributed by atoms with E-state index in [-0.39, 0.29) is 17.4 Å². The van der Waals surface area contributed by atoms with E-state index in [4.69, 9.17) is 10.3 Å². The van der Waals surface area contributed by atoms with Crippen molar-refractivity contribution in [2.45, 2.75) is 6.42 Å². The highest BCUT2D eigenvalue weighted by molar-refractivity contribution is 5.60. The average molecular weight is 243 g/mol. The summed E-state index contributed by atoms with van der Waals surface area (Å²) in [4.78, 5) is 4.19. The molecule has 0 spiro atoms. The third-order valence-electron chi connectivity index (χ3n) is 2.39. The summed E-state index contributed by atoms with van der Waals surface area (Å²) >= 11 is 0. The highest BCUT2D eigenvalue weighted by Gasteiger charge is 2.16. The maximum Gasteiger partial charge on any atom is 0.284 e. The standard InChI is InChI=1S/C11H9N5O2/c12-10-9(15-18-16-10)11-13-8(14-17-11)6-7-4-2-1-3-5-7/h1-5H,6H2,(H2,12,16). The third kappa shape index (κ3) is 1.93. The van der Waals surface area contributed by atoms with Crippen molar-refractivity contribution < 1.29 is 9.15 Å². The zero-order valence-electron chi connectivity index (χ0n) is 9.28. The summed E-state index contributed by atoms with van der Waals surface area (Å²) in [6.07, 6.45) is 0.579. The molecular formula is C11H9N5O2. The molecule has 0 saturated carbocycles. The minimum atomic E-state index is 0.130. The first kappa shape index (κ1) is 10.5. The predicted molar refractivity (Wildman–Crippen MR) is 61.3 cm³/mol. The largest absolute Gasteiger partial charge is 0.379 e. The topological polar surface area (TPSA) is 104 Å². The lowest BCUT2D eigenvalue weighted by molar-refractivity contribution is 0.308. The molecule has 3 aromatic rings. The maximum absolute atomic E-state index is 5.54. The van der Waals surface area contributed by atoms with Crippen LogP contribution in [0.1, 0.15) is 11.4 Å². The van der Waals surface area contributed by atoms with E-state index in [0.717, 1.165) is 5.56 Å². The second kappa shape index (κ2) is 4.28. The van der Waals surface area contributed by atoms with Gasteiger partial charge in [-0.05, 0) is 15.9 Å². The Morgan fingerprint density at radius 3 is 2.61 bits per heavy atom. The van der Waals surface area contributed by atoms with Crippen molar-refractivity contribution >= 4 is 5.82 Å². The average Bonchev–Trinajstić information content (AvgIpc) is 2.99. The first-order valence-corrected chi connectivity index (χ1v) is 5.28. The molecule has 0 aliphatic rings. The van der Waals surface area contributed by atoms with Gasteiger partial charge >= 0.3 is 0 Å². The second-order valence-corrected chi connectivity index (χ2v) is 3.68. The van der Waals surface area contributed by atoms with Gasteiger partial charge in [0.25, 0.3) is 5.89 Å². The van der Waals surface area contributed by atoms with Gasteiger partial charge in [0.1, 0.15) is 0 Å². The molecule has 0 fully saturated rings. The van der Waals surface area contributed by atoms with Crippen molar-refractivity contribution in [1.82, 2.24) is 20.5 Å². The van der Waals surface area contributed by atoms with Crippen LogP contribution in [0, 0.1) is 0 Å². The van der Waals surface area contributed by atoms with E-state index in [9.17, 15) is 0 Å². The number of nitrogens with zero attached hydrogens (tertiary/aromatic N) is 4. The molecule has 0 radical (unpaired) electrons. The molecule has 0 unspecified atom stereocenters. The molecule has 0 aliphatic heterocycles. The van der Waals surface area contributed by atoms with Crippen molar-refractivity contribution in [2.24, 2.45) is 0 Å². The number of benzene rings is 1. The van der Waals surface area contributed by atoms with Crippen LogP contribution >= 0.6 is 0 Å². The molecule has 3 rings (SSSR count). The molecule has 2 heterocycles. The van der Waals surface area contributed by atoms with Crippen molar-refractivity contribution in [3.05, 3.63) is 41.7 Å². The van der Waals surface area contributed by atoms with Crippen molar-refractivity contribution in [1.29, 1.82) is 0 Å². The van der Waals surface area contributed by atoms with E-state index in [1.54, 1.807) is 0 Å². The predicted octanol–water partition coefficient (Wildman–Crippen LogP) is 1.29. The summed E-state index contributed by atoms with van der Waals surface area (Å²) < 4.78 is 9.53. The van der Waals surface area contributed by atoms with Crippen LogP contribution in [-0.4, -0.2) is 20.5 Å². The molecule has 0 aliphatic carbocycles. The van der Waals surface area contributed by atoms with Crippen LogP contribution < -0.4 is 5.73 Å². The monoisotopic (exact) mass is 243 g/mol. The fourth-order valence-electron chi connectivity index (χ4n) is 1.54. The Bertz CT molecular complexity index is 646. The lowest BCUT2D eigenvalue weighted by Crippen LogP contribution is -1.91. The molecule has 0 saturated heterocycles. The summed E-state index contributed by atoms with van der Waals surface area (Å²) in [5.74, 6) is 0.892. The van der Waals surface area contributed by atoms with Gasteiger partial charge in [0.2, 0.25) is 11.5 Å². The molecule has 0 amide bonds. The van der Waals surface area contributed by atoms with E-state index in [1.165, 1.54) is 0 Å². The number of anilines is 1. The number of aromatic nitrogens is 4. The molecule has 90 valence electrons. The Morgan fingerprint density at radius 2 is 1.89 bits per heavy atom. The van der Waals surface area contributed by atoms with E-state index < -0.39 is 0 Å². The molecule has 7 nitrogen and oxygen atoms in total. The van der Waals surface area contributed by atoms with E-state index in [1.807, 2.05) is 30.3 Å². The Balaban J connectivity index is 1.84. The quantitative estimate of drug-likeness (QED) is 0.739. The Hall–Kier alpha value is -2.70. The van der Waals surface area contributed by atoms with Crippen LogP contribution in [0.15, 0.2) is 39.5 Å². The van der Waals surface area contributed by atoms with Gasteiger partial charge in [-0.3, -0.25) is 0 Å². The van der Waals surface area contributed by atoms with Gasteiger partial charge in [-0.1, -0.05) is 35.5 Å². The first-order chi connectivity index (χ1) is 8.83. The highest BCUT2D eigenvalue weighted by atomic mass is 16.6. The van der Waals surface area contributed by atoms with Crippen LogP contribution in [0.3, 0.4) is 0 Å². The van der Waals surface area contributed by atoms with Gasteiger partial charge in [0, 0.05) is 6.42 Å². The van der Waals surface area contributed by atoms with E-state index in [2.05, 4.69) is 25.1 Å². The van der Waals surface area contributed by atoms with Gasteiger partial charge < -0.3 is 10.3 Å².